The number of benzene rings is 1. The van der Waals surface area contributed by atoms with Gasteiger partial charge in [-0.1, -0.05) is 11.6 Å². The maximum atomic E-state index is 13.4. The van der Waals surface area contributed by atoms with Crippen molar-refractivity contribution in [3.63, 3.8) is 0 Å². The van der Waals surface area contributed by atoms with Crippen LogP contribution in [0, 0.1) is 11.7 Å². The fourth-order valence-electron chi connectivity index (χ4n) is 4.69. The van der Waals surface area contributed by atoms with Gasteiger partial charge >= 0.3 is 0 Å². The van der Waals surface area contributed by atoms with Gasteiger partial charge in [-0.3, -0.25) is 14.5 Å². The molecule has 28 heavy (non-hydrogen) atoms. The summed E-state index contributed by atoms with van der Waals surface area (Å²) in [5, 5.41) is 6.29. The van der Waals surface area contributed by atoms with E-state index >= 15 is 0 Å². The molecule has 3 aliphatic rings. The Morgan fingerprint density at radius 2 is 1.89 bits per heavy atom. The largest absolute Gasteiger partial charge is 0.352 e. The summed E-state index contributed by atoms with van der Waals surface area (Å²) in [6.07, 6.45) is 6.32. The van der Waals surface area contributed by atoms with Gasteiger partial charge < -0.3 is 10.6 Å². The number of amides is 2. The van der Waals surface area contributed by atoms with E-state index in [9.17, 15) is 14.0 Å². The van der Waals surface area contributed by atoms with E-state index in [1.54, 1.807) is 0 Å². The molecule has 1 aromatic carbocycles. The van der Waals surface area contributed by atoms with Crippen LogP contribution in [0.25, 0.3) is 0 Å². The van der Waals surface area contributed by atoms with Crippen LogP contribution < -0.4 is 10.6 Å². The smallest absolute Gasteiger partial charge is 0.251 e. The first kappa shape index (κ1) is 19.6. The molecular formula is C21H27ClFN3O2. The second-order valence-electron chi connectivity index (χ2n) is 8.87. The van der Waals surface area contributed by atoms with E-state index < -0.39 is 5.82 Å². The minimum absolute atomic E-state index is 0.0263. The molecule has 2 amide bonds. The Balaban J connectivity index is 1.28. The molecule has 2 heterocycles. The Morgan fingerprint density at radius 1 is 1.21 bits per heavy atom. The van der Waals surface area contributed by atoms with E-state index in [0.29, 0.717) is 31.1 Å². The lowest BCUT2D eigenvalue weighted by Gasteiger charge is -2.38. The molecular weight excluding hydrogens is 381 g/mol. The normalized spacial score (nSPS) is 28.0. The maximum absolute atomic E-state index is 13.4. The van der Waals surface area contributed by atoms with Crippen LogP contribution in [-0.4, -0.2) is 47.4 Å². The Kier molecular flexibility index (Phi) is 5.36. The SMILES string of the molecule is CC1(NC(=O)CN2[C@@H]3CC[C@H]2CC(CNC(=O)c2cc(F)cc(Cl)c2)C3)CC1. The predicted molar refractivity (Wildman–Crippen MR) is 106 cm³/mol. The number of hydrogen-bond donors (Lipinski definition) is 2. The average molecular weight is 408 g/mol. The quantitative estimate of drug-likeness (QED) is 0.761. The van der Waals surface area contributed by atoms with Crippen molar-refractivity contribution in [1.82, 2.24) is 15.5 Å². The Morgan fingerprint density at radius 3 is 2.50 bits per heavy atom. The fourth-order valence-corrected chi connectivity index (χ4v) is 4.91. The highest BCUT2D eigenvalue weighted by atomic mass is 35.5. The zero-order valence-corrected chi connectivity index (χ0v) is 16.9. The summed E-state index contributed by atoms with van der Waals surface area (Å²) in [6.45, 7) is 3.14. The lowest BCUT2D eigenvalue weighted by atomic mass is 9.90. The van der Waals surface area contributed by atoms with Gasteiger partial charge in [0.2, 0.25) is 5.91 Å². The van der Waals surface area contributed by atoms with Gasteiger partial charge in [0.25, 0.3) is 5.91 Å². The highest BCUT2D eigenvalue weighted by Crippen LogP contribution is 2.39. The second kappa shape index (κ2) is 7.64. The summed E-state index contributed by atoms with van der Waals surface area (Å²) in [5.74, 6) is -0.298. The first-order chi connectivity index (χ1) is 13.3. The van der Waals surface area contributed by atoms with Crippen molar-refractivity contribution in [3.05, 3.63) is 34.6 Å². The van der Waals surface area contributed by atoms with Gasteiger partial charge in [0.05, 0.1) is 6.54 Å². The molecule has 3 atom stereocenters. The fraction of sp³-hybridized carbons (Fsp3) is 0.619. The molecule has 5 nitrogen and oxygen atoms in total. The minimum atomic E-state index is -0.512. The standard InChI is InChI=1S/C21H27ClFN3O2/c1-21(4-5-21)25-19(27)12-26-17-2-3-18(26)7-13(6-17)11-24-20(28)14-8-15(22)10-16(23)9-14/h8-10,13,17-18H,2-7,11-12H2,1H3,(H,24,28)(H,25,27)/t13?,17-,18+. The number of nitrogens with zero attached hydrogens (tertiary/aromatic N) is 1. The summed E-state index contributed by atoms with van der Waals surface area (Å²) in [5.41, 5.74) is 0.272. The number of hydrogen-bond acceptors (Lipinski definition) is 3. The number of fused-ring (bicyclic) bond motifs is 2. The third kappa shape index (κ3) is 4.49. The van der Waals surface area contributed by atoms with Gasteiger partial charge in [-0.15, -0.1) is 0 Å². The molecule has 0 radical (unpaired) electrons. The third-order valence-electron chi connectivity index (χ3n) is 6.43. The number of carbonyl (C=O) groups is 2. The van der Waals surface area contributed by atoms with Crippen molar-refractivity contribution in [1.29, 1.82) is 0 Å². The highest BCUT2D eigenvalue weighted by molar-refractivity contribution is 6.31. The van der Waals surface area contributed by atoms with Crippen LogP contribution in [0.3, 0.4) is 0 Å². The minimum Gasteiger partial charge on any atom is -0.352 e. The molecule has 1 saturated carbocycles. The van der Waals surface area contributed by atoms with Gasteiger partial charge in [-0.05, 0) is 69.6 Å². The van der Waals surface area contributed by atoms with Crippen LogP contribution in [-0.2, 0) is 4.79 Å². The molecule has 7 heteroatoms. The van der Waals surface area contributed by atoms with E-state index in [-0.39, 0.29) is 27.9 Å². The van der Waals surface area contributed by atoms with Crippen LogP contribution in [0.1, 0.15) is 55.8 Å². The molecule has 1 unspecified atom stereocenters. The first-order valence-corrected chi connectivity index (χ1v) is 10.5. The monoisotopic (exact) mass is 407 g/mol. The molecule has 1 aliphatic carbocycles. The van der Waals surface area contributed by atoms with Crippen molar-refractivity contribution in [2.75, 3.05) is 13.1 Å². The molecule has 0 spiro atoms. The van der Waals surface area contributed by atoms with E-state index in [1.807, 2.05) is 0 Å². The third-order valence-corrected chi connectivity index (χ3v) is 6.64. The van der Waals surface area contributed by atoms with Crippen LogP contribution in [0.4, 0.5) is 4.39 Å². The van der Waals surface area contributed by atoms with Crippen molar-refractivity contribution in [2.45, 2.75) is 63.1 Å². The average Bonchev–Trinajstić information content (AvgIpc) is 3.30. The van der Waals surface area contributed by atoms with Gasteiger partial charge in [0.15, 0.2) is 0 Å². The second-order valence-corrected chi connectivity index (χ2v) is 9.31. The molecule has 2 saturated heterocycles. The van der Waals surface area contributed by atoms with Crippen LogP contribution in [0.2, 0.25) is 5.02 Å². The lowest BCUT2D eigenvalue weighted by Crippen LogP contribution is -2.50. The summed E-state index contributed by atoms with van der Waals surface area (Å²) in [6, 6.07) is 4.67. The summed E-state index contributed by atoms with van der Waals surface area (Å²) in [4.78, 5) is 27.0. The van der Waals surface area contributed by atoms with Crippen LogP contribution >= 0.6 is 11.6 Å². The predicted octanol–water partition coefficient (Wildman–Crippen LogP) is 3.12. The molecule has 2 N–H and O–H groups in total. The summed E-state index contributed by atoms with van der Waals surface area (Å²) in [7, 11) is 0. The van der Waals surface area contributed by atoms with E-state index in [0.717, 1.165) is 38.5 Å². The molecule has 2 aliphatic heterocycles. The van der Waals surface area contributed by atoms with Crippen LogP contribution in [0.5, 0.6) is 0 Å². The van der Waals surface area contributed by atoms with E-state index in [4.69, 9.17) is 11.6 Å². The van der Waals surface area contributed by atoms with E-state index in [1.165, 1.54) is 18.2 Å². The lowest BCUT2D eigenvalue weighted by molar-refractivity contribution is -0.124. The van der Waals surface area contributed by atoms with Crippen LogP contribution in [0.15, 0.2) is 18.2 Å². The molecule has 0 aromatic heterocycles. The van der Waals surface area contributed by atoms with Gasteiger partial charge in [0, 0.05) is 34.8 Å². The topological polar surface area (TPSA) is 61.4 Å². The Bertz CT molecular complexity index is 749. The first-order valence-electron chi connectivity index (χ1n) is 10.1. The zero-order valence-electron chi connectivity index (χ0n) is 16.1. The van der Waals surface area contributed by atoms with Crippen molar-refractivity contribution in [2.24, 2.45) is 5.92 Å². The highest BCUT2D eigenvalue weighted by Gasteiger charge is 2.43. The van der Waals surface area contributed by atoms with Crippen molar-refractivity contribution in [3.8, 4) is 0 Å². The summed E-state index contributed by atoms with van der Waals surface area (Å²) >= 11 is 5.83. The van der Waals surface area contributed by atoms with Gasteiger partial charge in [0.1, 0.15) is 5.82 Å². The maximum Gasteiger partial charge on any atom is 0.251 e. The van der Waals surface area contributed by atoms with Gasteiger partial charge in [-0.2, -0.15) is 0 Å². The molecule has 1 aromatic rings. The Hall–Kier alpha value is -1.66. The number of carbonyl (C=O) groups excluding carboxylic acids is 2. The number of piperidine rings is 1. The van der Waals surface area contributed by atoms with Crippen molar-refractivity contribution >= 4 is 23.4 Å². The zero-order chi connectivity index (χ0) is 19.9. The number of nitrogens with one attached hydrogen (secondary N) is 2. The number of halogens is 2. The molecule has 4 rings (SSSR count). The molecule has 2 bridgehead atoms. The van der Waals surface area contributed by atoms with Crippen molar-refractivity contribution < 1.29 is 14.0 Å². The molecule has 3 fully saturated rings. The van der Waals surface area contributed by atoms with E-state index in [2.05, 4.69) is 22.5 Å². The van der Waals surface area contributed by atoms with Gasteiger partial charge in [-0.25, -0.2) is 4.39 Å². The summed E-state index contributed by atoms with van der Waals surface area (Å²) < 4.78 is 13.4. The molecule has 152 valence electrons. The Labute approximate surface area is 170 Å². The number of rotatable bonds is 6.